The normalized spacial score (nSPS) is 23.3. The number of rotatable bonds is 5. The minimum Gasteiger partial charge on any atom is -0.352 e. The summed E-state index contributed by atoms with van der Waals surface area (Å²) in [6.45, 7) is 7.40. The van der Waals surface area contributed by atoms with Gasteiger partial charge in [0, 0.05) is 45.7 Å². The van der Waals surface area contributed by atoms with E-state index >= 15 is 0 Å². The minimum atomic E-state index is -4.41. The van der Waals surface area contributed by atoms with E-state index < -0.39 is 30.7 Å². The Morgan fingerprint density at radius 3 is 2.33 bits per heavy atom. The van der Waals surface area contributed by atoms with E-state index in [0.29, 0.717) is 52.0 Å². The van der Waals surface area contributed by atoms with E-state index in [1.807, 2.05) is 20.8 Å². The molecule has 2 atom stereocenters. The van der Waals surface area contributed by atoms with Gasteiger partial charge in [-0.15, -0.1) is 0 Å². The van der Waals surface area contributed by atoms with Gasteiger partial charge in [-0.05, 0) is 18.3 Å². The summed E-state index contributed by atoms with van der Waals surface area (Å²) in [5, 5.41) is 5.49. The number of carbonyl (C=O) groups excluding carboxylic acids is 2. The topological polar surface area (TPSA) is 64.7 Å². The highest BCUT2D eigenvalue weighted by Crippen LogP contribution is 2.26. The van der Waals surface area contributed by atoms with Crippen LogP contribution in [0.4, 0.5) is 13.2 Å². The molecule has 2 heterocycles. The third kappa shape index (κ3) is 6.34. The summed E-state index contributed by atoms with van der Waals surface area (Å²) in [5.74, 6) is -0.603. The number of nitrogens with one attached hydrogen (secondary N) is 2. The molecular formula is C18H31F3N4O2. The molecule has 6 nitrogen and oxygen atoms in total. The van der Waals surface area contributed by atoms with Crippen LogP contribution >= 0.6 is 0 Å². The van der Waals surface area contributed by atoms with Gasteiger partial charge in [0.1, 0.15) is 12.1 Å². The van der Waals surface area contributed by atoms with Gasteiger partial charge in [0.25, 0.3) is 0 Å². The average Bonchev–Trinajstić information content (AvgIpc) is 3.03. The Hall–Kier alpha value is -1.35. The van der Waals surface area contributed by atoms with Crippen molar-refractivity contribution in [1.82, 2.24) is 20.4 Å². The van der Waals surface area contributed by atoms with E-state index in [0.717, 1.165) is 0 Å². The maximum Gasteiger partial charge on any atom is 0.405 e. The maximum absolute atomic E-state index is 13.4. The van der Waals surface area contributed by atoms with E-state index in [-0.39, 0.29) is 11.3 Å². The SMILES string of the molecule is CC(C)(C)CC(=O)N1CCCC1C(=O)NCC(N1CCNCC1)C(F)(F)F. The second-order valence-electron chi connectivity index (χ2n) is 8.57. The molecule has 27 heavy (non-hydrogen) atoms. The summed E-state index contributed by atoms with van der Waals surface area (Å²) in [6.07, 6.45) is -2.93. The molecule has 0 aliphatic carbocycles. The summed E-state index contributed by atoms with van der Waals surface area (Å²) < 4.78 is 40.3. The van der Waals surface area contributed by atoms with Crippen LogP contribution in [0.2, 0.25) is 0 Å². The van der Waals surface area contributed by atoms with E-state index in [4.69, 9.17) is 0 Å². The molecule has 2 aliphatic rings. The molecule has 0 aromatic heterocycles. The van der Waals surface area contributed by atoms with Gasteiger partial charge in [-0.1, -0.05) is 20.8 Å². The predicted molar refractivity (Wildman–Crippen MR) is 96.1 cm³/mol. The standard InChI is InChI=1S/C18H31F3N4O2/c1-17(2,3)11-15(26)25-8-4-5-13(25)16(27)23-12-14(18(19,20)21)24-9-6-22-7-10-24/h13-14,22H,4-12H2,1-3H3,(H,23,27). The molecule has 0 spiro atoms. The van der Waals surface area contributed by atoms with Crippen molar-refractivity contribution in [3.63, 3.8) is 0 Å². The van der Waals surface area contributed by atoms with Crippen molar-refractivity contribution in [3.8, 4) is 0 Å². The van der Waals surface area contributed by atoms with Crippen molar-refractivity contribution in [2.75, 3.05) is 39.3 Å². The van der Waals surface area contributed by atoms with Crippen molar-refractivity contribution in [1.29, 1.82) is 0 Å². The van der Waals surface area contributed by atoms with Crippen molar-refractivity contribution < 1.29 is 22.8 Å². The van der Waals surface area contributed by atoms with Crippen LogP contribution in [0.15, 0.2) is 0 Å². The molecule has 0 aromatic rings. The third-order valence-corrected chi connectivity index (χ3v) is 5.00. The fourth-order valence-electron chi connectivity index (χ4n) is 3.65. The molecule has 156 valence electrons. The fourth-order valence-corrected chi connectivity index (χ4v) is 3.65. The number of nitrogens with zero attached hydrogens (tertiary/aromatic N) is 2. The highest BCUT2D eigenvalue weighted by Gasteiger charge is 2.44. The molecule has 0 aromatic carbocycles. The first kappa shape index (κ1) is 21.9. The molecule has 0 radical (unpaired) electrons. The molecule has 0 bridgehead atoms. The average molecular weight is 392 g/mol. The quantitative estimate of drug-likeness (QED) is 0.742. The highest BCUT2D eigenvalue weighted by atomic mass is 19.4. The van der Waals surface area contributed by atoms with E-state index in [1.54, 1.807) is 0 Å². The van der Waals surface area contributed by atoms with Crippen molar-refractivity contribution >= 4 is 11.8 Å². The summed E-state index contributed by atoms with van der Waals surface area (Å²) in [4.78, 5) is 27.9. The van der Waals surface area contributed by atoms with E-state index in [9.17, 15) is 22.8 Å². The molecule has 2 aliphatic heterocycles. The summed E-state index contributed by atoms with van der Waals surface area (Å²) in [6, 6.07) is -2.37. The monoisotopic (exact) mass is 392 g/mol. The van der Waals surface area contributed by atoms with Gasteiger partial charge in [-0.3, -0.25) is 14.5 Å². The summed E-state index contributed by atoms with van der Waals surface area (Å²) in [7, 11) is 0. The van der Waals surface area contributed by atoms with Crippen LogP contribution in [0.5, 0.6) is 0 Å². The lowest BCUT2D eigenvalue weighted by molar-refractivity contribution is -0.184. The molecule has 2 amide bonds. The Labute approximate surface area is 158 Å². The van der Waals surface area contributed by atoms with Gasteiger partial charge in [0.15, 0.2) is 0 Å². The first-order chi connectivity index (χ1) is 12.5. The Morgan fingerprint density at radius 1 is 1.15 bits per heavy atom. The molecular weight excluding hydrogens is 361 g/mol. The zero-order valence-corrected chi connectivity index (χ0v) is 16.4. The van der Waals surface area contributed by atoms with Crippen LogP contribution in [0.1, 0.15) is 40.0 Å². The minimum absolute atomic E-state index is 0.116. The largest absolute Gasteiger partial charge is 0.405 e. The molecule has 0 saturated carbocycles. The molecule has 2 fully saturated rings. The number of piperazine rings is 1. The van der Waals surface area contributed by atoms with Gasteiger partial charge in [0.05, 0.1) is 0 Å². The van der Waals surface area contributed by atoms with Crippen molar-refractivity contribution in [2.24, 2.45) is 5.41 Å². The number of alkyl halides is 3. The second-order valence-corrected chi connectivity index (χ2v) is 8.57. The first-order valence-electron chi connectivity index (χ1n) is 9.58. The Morgan fingerprint density at radius 2 is 1.78 bits per heavy atom. The Balaban J connectivity index is 1.96. The summed E-state index contributed by atoms with van der Waals surface area (Å²) in [5.41, 5.74) is -0.204. The van der Waals surface area contributed by atoms with Crippen LogP contribution in [0, 0.1) is 5.41 Å². The van der Waals surface area contributed by atoms with Crippen molar-refractivity contribution in [2.45, 2.75) is 58.3 Å². The van der Waals surface area contributed by atoms with Crippen LogP contribution in [-0.2, 0) is 9.59 Å². The molecule has 2 rings (SSSR count). The summed E-state index contributed by atoms with van der Waals surface area (Å²) >= 11 is 0. The maximum atomic E-state index is 13.4. The smallest absolute Gasteiger partial charge is 0.352 e. The zero-order valence-electron chi connectivity index (χ0n) is 16.4. The second kappa shape index (κ2) is 8.77. The van der Waals surface area contributed by atoms with Gasteiger partial charge in [-0.25, -0.2) is 0 Å². The van der Waals surface area contributed by atoms with E-state index in [1.165, 1.54) is 9.80 Å². The fraction of sp³-hybridized carbons (Fsp3) is 0.889. The molecule has 2 saturated heterocycles. The van der Waals surface area contributed by atoms with Gasteiger partial charge < -0.3 is 15.5 Å². The lowest BCUT2D eigenvalue weighted by Crippen LogP contribution is -2.58. The van der Waals surface area contributed by atoms with Gasteiger partial charge in [0.2, 0.25) is 11.8 Å². The van der Waals surface area contributed by atoms with Gasteiger partial charge in [-0.2, -0.15) is 13.2 Å². The van der Waals surface area contributed by atoms with E-state index in [2.05, 4.69) is 10.6 Å². The molecule has 2 unspecified atom stereocenters. The zero-order chi connectivity index (χ0) is 20.2. The lowest BCUT2D eigenvalue weighted by Gasteiger charge is -2.36. The number of halogens is 3. The van der Waals surface area contributed by atoms with Crippen LogP contribution in [-0.4, -0.2) is 79.1 Å². The number of likely N-dealkylation sites (tertiary alicyclic amines) is 1. The number of hydrogen-bond donors (Lipinski definition) is 2. The first-order valence-corrected chi connectivity index (χ1v) is 9.58. The van der Waals surface area contributed by atoms with Gasteiger partial charge >= 0.3 is 6.18 Å². The predicted octanol–water partition coefficient (Wildman–Crippen LogP) is 1.37. The Bertz CT molecular complexity index is 528. The van der Waals surface area contributed by atoms with Crippen LogP contribution < -0.4 is 10.6 Å². The lowest BCUT2D eigenvalue weighted by atomic mass is 9.91. The van der Waals surface area contributed by atoms with Crippen LogP contribution in [0.25, 0.3) is 0 Å². The molecule has 2 N–H and O–H groups in total. The highest BCUT2D eigenvalue weighted by molar-refractivity contribution is 5.88. The number of amides is 2. The Kier molecular flexibility index (Phi) is 7.13. The third-order valence-electron chi connectivity index (χ3n) is 5.00. The molecule has 9 heteroatoms. The number of carbonyl (C=O) groups is 2. The van der Waals surface area contributed by atoms with Crippen LogP contribution in [0.3, 0.4) is 0 Å². The number of hydrogen-bond acceptors (Lipinski definition) is 4. The van der Waals surface area contributed by atoms with Crippen molar-refractivity contribution in [3.05, 3.63) is 0 Å².